The molecule has 2 heterocycles. The van der Waals surface area contributed by atoms with E-state index in [-0.39, 0.29) is 11.7 Å². The summed E-state index contributed by atoms with van der Waals surface area (Å²) in [4.78, 5) is 14.4. The molecule has 28 heavy (non-hydrogen) atoms. The lowest BCUT2D eigenvalue weighted by Gasteiger charge is -2.26. The third-order valence-corrected chi connectivity index (χ3v) is 4.91. The molecule has 0 spiro atoms. The molecule has 4 rings (SSSR count). The third-order valence-electron chi connectivity index (χ3n) is 4.91. The van der Waals surface area contributed by atoms with E-state index in [1.54, 1.807) is 18.3 Å². The first-order chi connectivity index (χ1) is 13.7. The predicted molar refractivity (Wildman–Crippen MR) is 109 cm³/mol. The van der Waals surface area contributed by atoms with E-state index in [1.165, 1.54) is 6.07 Å². The largest absolute Gasteiger partial charge is 0.381 e. The number of hydrogen-bond donors (Lipinski definition) is 3. The number of benzene rings is 2. The van der Waals surface area contributed by atoms with Crippen LogP contribution in [0.2, 0.25) is 0 Å². The van der Waals surface area contributed by atoms with Crippen molar-refractivity contribution < 1.29 is 13.9 Å². The Bertz CT molecular complexity index is 894. The summed E-state index contributed by atoms with van der Waals surface area (Å²) < 4.78 is 19.7. The lowest BCUT2D eigenvalue weighted by Crippen LogP contribution is -2.39. The normalized spacial score (nSPS) is 18.0. The maximum absolute atomic E-state index is 14.4. The molecule has 6 nitrogen and oxygen atoms in total. The summed E-state index contributed by atoms with van der Waals surface area (Å²) in [6.07, 6.45) is 1.61. The molecule has 0 bridgehead atoms. The number of halogens is 1. The zero-order valence-electron chi connectivity index (χ0n) is 15.5. The molecular formula is C21H23FN4O2. The fraction of sp³-hybridized carbons (Fsp3) is 0.286. The highest BCUT2D eigenvalue weighted by atomic mass is 19.1. The molecule has 7 heteroatoms. The summed E-state index contributed by atoms with van der Waals surface area (Å²) in [6, 6.07) is 12.4. The zero-order chi connectivity index (χ0) is 19.3. The van der Waals surface area contributed by atoms with Crippen molar-refractivity contribution in [1.29, 1.82) is 0 Å². The minimum atomic E-state index is -0.332. The maximum Gasteiger partial charge on any atom is 0.257 e. The number of carbonyl (C=O) groups is 1. The number of nitrogens with one attached hydrogen (secondary N) is 3. The Kier molecular flexibility index (Phi) is 5.55. The van der Waals surface area contributed by atoms with Crippen LogP contribution >= 0.6 is 0 Å². The van der Waals surface area contributed by atoms with Crippen LogP contribution < -0.4 is 16.0 Å². The topological polar surface area (TPSA) is 65.6 Å². The summed E-state index contributed by atoms with van der Waals surface area (Å²) >= 11 is 0. The van der Waals surface area contributed by atoms with Crippen molar-refractivity contribution in [3.05, 3.63) is 60.0 Å². The number of hydrogen-bond acceptors (Lipinski definition) is 5. The van der Waals surface area contributed by atoms with Crippen molar-refractivity contribution in [3.8, 4) is 0 Å². The van der Waals surface area contributed by atoms with E-state index in [0.717, 1.165) is 44.1 Å². The van der Waals surface area contributed by atoms with Gasteiger partial charge in [0.25, 0.3) is 5.91 Å². The van der Waals surface area contributed by atoms with Gasteiger partial charge in [0, 0.05) is 49.3 Å². The molecule has 0 aliphatic carbocycles. The first-order valence-electron chi connectivity index (χ1n) is 9.42. The van der Waals surface area contributed by atoms with Gasteiger partial charge in [0.15, 0.2) is 0 Å². The predicted octanol–water partition coefficient (Wildman–Crippen LogP) is 2.97. The SMILES string of the molecule is O=C1Nc2ccccc2/C1=C\Nc1ccc(NCCN2CCOCC2)c(F)c1. The van der Waals surface area contributed by atoms with Gasteiger partial charge in [-0.1, -0.05) is 18.2 Å². The molecule has 0 saturated carbocycles. The Morgan fingerprint density at radius 3 is 2.82 bits per heavy atom. The van der Waals surface area contributed by atoms with E-state index in [1.807, 2.05) is 24.3 Å². The lowest BCUT2D eigenvalue weighted by molar-refractivity contribution is -0.110. The van der Waals surface area contributed by atoms with Gasteiger partial charge in [0.1, 0.15) is 5.82 Å². The number of rotatable bonds is 6. The molecule has 1 amide bonds. The molecule has 3 N–H and O–H groups in total. The van der Waals surface area contributed by atoms with Crippen LogP contribution in [0, 0.1) is 5.82 Å². The fourth-order valence-corrected chi connectivity index (χ4v) is 3.36. The maximum atomic E-state index is 14.4. The van der Waals surface area contributed by atoms with Crippen LogP contribution in [0.1, 0.15) is 5.56 Å². The molecule has 1 fully saturated rings. The van der Waals surface area contributed by atoms with Gasteiger partial charge in [-0.05, 0) is 24.3 Å². The summed E-state index contributed by atoms with van der Waals surface area (Å²) in [5.74, 6) is -0.503. The number of morpholine rings is 1. The number of anilines is 3. The standard InChI is InChI=1S/C21H23FN4O2/c22-18-13-15(5-6-20(18)23-7-8-26-9-11-28-12-10-26)24-14-17-16-3-1-2-4-19(16)25-21(17)27/h1-6,13-14,23-24H,7-12H2,(H,25,27)/b17-14+. The van der Waals surface area contributed by atoms with Crippen molar-refractivity contribution in [2.75, 3.05) is 55.3 Å². The lowest BCUT2D eigenvalue weighted by atomic mass is 10.1. The molecule has 0 atom stereocenters. The zero-order valence-corrected chi connectivity index (χ0v) is 15.5. The number of amides is 1. The van der Waals surface area contributed by atoms with Gasteiger partial charge in [0.2, 0.25) is 0 Å². The van der Waals surface area contributed by atoms with Crippen LogP contribution in [0.3, 0.4) is 0 Å². The van der Waals surface area contributed by atoms with E-state index in [4.69, 9.17) is 4.74 Å². The number of para-hydroxylation sites is 1. The van der Waals surface area contributed by atoms with Crippen molar-refractivity contribution in [2.24, 2.45) is 0 Å². The first-order valence-corrected chi connectivity index (χ1v) is 9.42. The highest BCUT2D eigenvalue weighted by molar-refractivity contribution is 6.31. The van der Waals surface area contributed by atoms with Gasteiger partial charge in [-0.25, -0.2) is 4.39 Å². The molecule has 0 aromatic heterocycles. The quantitative estimate of drug-likeness (QED) is 0.671. The molecule has 2 aliphatic heterocycles. The van der Waals surface area contributed by atoms with Crippen molar-refractivity contribution in [3.63, 3.8) is 0 Å². The Labute approximate surface area is 163 Å². The summed E-state index contributed by atoms with van der Waals surface area (Å²) in [5, 5.41) is 8.97. The number of ether oxygens (including phenoxy) is 1. The highest BCUT2D eigenvalue weighted by Crippen LogP contribution is 2.31. The van der Waals surface area contributed by atoms with Crippen molar-refractivity contribution >= 4 is 28.5 Å². The van der Waals surface area contributed by atoms with Crippen LogP contribution in [-0.4, -0.2) is 50.2 Å². The average Bonchev–Trinajstić information content (AvgIpc) is 3.04. The Hall–Kier alpha value is -2.90. The number of fused-ring (bicyclic) bond motifs is 1. The highest BCUT2D eigenvalue weighted by Gasteiger charge is 2.23. The second-order valence-corrected chi connectivity index (χ2v) is 6.78. The van der Waals surface area contributed by atoms with Gasteiger partial charge in [-0.15, -0.1) is 0 Å². The van der Waals surface area contributed by atoms with Crippen molar-refractivity contribution in [2.45, 2.75) is 0 Å². The third kappa shape index (κ3) is 4.16. The molecule has 0 radical (unpaired) electrons. The molecular weight excluding hydrogens is 359 g/mol. The Balaban J connectivity index is 1.36. The van der Waals surface area contributed by atoms with E-state index < -0.39 is 0 Å². The molecule has 0 unspecified atom stereocenters. The second kappa shape index (κ2) is 8.41. The monoisotopic (exact) mass is 382 g/mol. The minimum absolute atomic E-state index is 0.171. The van der Waals surface area contributed by atoms with Crippen LogP contribution in [0.5, 0.6) is 0 Å². The Morgan fingerprint density at radius 1 is 1.18 bits per heavy atom. The summed E-state index contributed by atoms with van der Waals surface area (Å²) in [6.45, 7) is 4.87. The van der Waals surface area contributed by atoms with E-state index in [2.05, 4.69) is 20.9 Å². The van der Waals surface area contributed by atoms with E-state index in [0.29, 0.717) is 23.5 Å². The van der Waals surface area contributed by atoms with Gasteiger partial charge in [-0.2, -0.15) is 0 Å². The number of carbonyl (C=O) groups excluding carboxylic acids is 1. The van der Waals surface area contributed by atoms with Crippen LogP contribution in [0.4, 0.5) is 21.5 Å². The van der Waals surface area contributed by atoms with Gasteiger partial charge >= 0.3 is 0 Å². The molecule has 2 aromatic carbocycles. The Morgan fingerprint density at radius 2 is 2.00 bits per heavy atom. The summed E-state index contributed by atoms with van der Waals surface area (Å²) in [5.41, 5.74) is 3.20. The smallest absolute Gasteiger partial charge is 0.257 e. The van der Waals surface area contributed by atoms with Crippen LogP contribution in [0.15, 0.2) is 48.7 Å². The van der Waals surface area contributed by atoms with E-state index in [9.17, 15) is 9.18 Å². The van der Waals surface area contributed by atoms with E-state index >= 15 is 0 Å². The van der Waals surface area contributed by atoms with Crippen molar-refractivity contribution in [1.82, 2.24) is 4.90 Å². The molecule has 2 aromatic rings. The molecule has 2 aliphatic rings. The van der Waals surface area contributed by atoms with Gasteiger partial charge < -0.3 is 20.7 Å². The minimum Gasteiger partial charge on any atom is -0.381 e. The van der Waals surface area contributed by atoms with Crippen LogP contribution in [0.25, 0.3) is 5.57 Å². The average molecular weight is 382 g/mol. The second-order valence-electron chi connectivity index (χ2n) is 6.78. The van der Waals surface area contributed by atoms with Gasteiger partial charge in [0.05, 0.1) is 24.5 Å². The van der Waals surface area contributed by atoms with Gasteiger partial charge in [-0.3, -0.25) is 9.69 Å². The summed E-state index contributed by atoms with van der Waals surface area (Å²) in [7, 11) is 0. The number of nitrogens with zero attached hydrogens (tertiary/aromatic N) is 1. The molecule has 1 saturated heterocycles. The fourth-order valence-electron chi connectivity index (χ4n) is 3.36. The van der Waals surface area contributed by atoms with Crippen LogP contribution in [-0.2, 0) is 9.53 Å². The first kappa shape index (κ1) is 18.5. The molecule has 146 valence electrons.